The lowest BCUT2D eigenvalue weighted by atomic mass is 9.97. The highest BCUT2D eigenvalue weighted by atomic mass is 16.5. The molecule has 0 bridgehead atoms. The molecule has 1 amide bonds. The largest absolute Gasteiger partial charge is 0.496 e. The van der Waals surface area contributed by atoms with Crippen molar-refractivity contribution in [2.24, 2.45) is 5.92 Å². The van der Waals surface area contributed by atoms with Gasteiger partial charge in [0, 0.05) is 26.7 Å². The summed E-state index contributed by atoms with van der Waals surface area (Å²) in [6, 6.07) is 8.21. The molecule has 1 saturated heterocycles. The minimum Gasteiger partial charge on any atom is -0.496 e. The summed E-state index contributed by atoms with van der Waals surface area (Å²) in [6.45, 7) is 5.66. The number of carbonyl (C=O) groups excluding carboxylic acids is 1. The smallest absolute Gasteiger partial charge is 0.275 e. The van der Waals surface area contributed by atoms with Crippen molar-refractivity contribution in [3.05, 3.63) is 47.7 Å². The van der Waals surface area contributed by atoms with E-state index in [1.165, 1.54) is 18.4 Å². The monoisotopic (exact) mass is 371 g/mol. The number of piperidine rings is 1. The van der Waals surface area contributed by atoms with E-state index in [1.807, 2.05) is 19.2 Å². The third-order valence-electron chi connectivity index (χ3n) is 5.32. The van der Waals surface area contributed by atoms with Crippen LogP contribution in [0.4, 0.5) is 0 Å². The number of methoxy groups -OCH3 is 1. The van der Waals surface area contributed by atoms with Gasteiger partial charge in [-0.3, -0.25) is 4.79 Å². The first kappa shape index (κ1) is 19.4. The Morgan fingerprint density at radius 2 is 2.22 bits per heavy atom. The third kappa shape index (κ3) is 4.89. The summed E-state index contributed by atoms with van der Waals surface area (Å²) in [5.41, 5.74) is 1.66. The topological polar surface area (TPSA) is 58.8 Å². The van der Waals surface area contributed by atoms with Crippen LogP contribution in [0.5, 0.6) is 5.75 Å². The van der Waals surface area contributed by atoms with Crippen LogP contribution in [0.2, 0.25) is 0 Å². The van der Waals surface area contributed by atoms with Gasteiger partial charge in [0.05, 0.1) is 7.11 Å². The fourth-order valence-corrected chi connectivity index (χ4v) is 3.85. The van der Waals surface area contributed by atoms with Crippen molar-refractivity contribution in [1.82, 2.24) is 14.8 Å². The number of nitrogens with zero attached hydrogens (tertiary/aromatic N) is 3. The number of hydrogen-bond donors (Lipinski definition) is 0. The van der Waals surface area contributed by atoms with Crippen LogP contribution in [0.3, 0.4) is 0 Å². The Hall–Kier alpha value is -2.34. The summed E-state index contributed by atoms with van der Waals surface area (Å²) in [5, 5.41) is 0. The standard InChI is InChI=1S/C21H29N3O3/c1-16-20(22-15-27-16)21(25)23(2)13-17-7-6-11-24(14-17)12-10-18-8-4-5-9-19(18)26-3/h4-5,8-9,15,17H,6-7,10-14H2,1-3H3/t17-/m0/s1. The predicted molar refractivity (Wildman–Crippen MR) is 104 cm³/mol. The molecule has 1 aromatic heterocycles. The predicted octanol–water partition coefficient (Wildman–Crippen LogP) is 3.02. The van der Waals surface area contributed by atoms with Crippen molar-refractivity contribution in [2.45, 2.75) is 26.2 Å². The zero-order chi connectivity index (χ0) is 19.2. The number of hydrogen-bond acceptors (Lipinski definition) is 5. The first-order chi connectivity index (χ1) is 13.1. The van der Waals surface area contributed by atoms with Gasteiger partial charge in [0.15, 0.2) is 12.1 Å². The molecule has 0 spiro atoms. The Labute approximate surface area is 161 Å². The van der Waals surface area contributed by atoms with Crippen LogP contribution >= 0.6 is 0 Å². The van der Waals surface area contributed by atoms with E-state index in [2.05, 4.69) is 22.0 Å². The minimum atomic E-state index is -0.0626. The number of ether oxygens (including phenoxy) is 1. The van der Waals surface area contributed by atoms with Crippen molar-refractivity contribution in [3.63, 3.8) is 0 Å². The van der Waals surface area contributed by atoms with E-state index >= 15 is 0 Å². The normalized spacial score (nSPS) is 17.7. The first-order valence-electron chi connectivity index (χ1n) is 9.58. The maximum absolute atomic E-state index is 12.5. The fourth-order valence-electron chi connectivity index (χ4n) is 3.85. The van der Waals surface area contributed by atoms with Gasteiger partial charge in [-0.05, 0) is 50.3 Å². The molecule has 0 aliphatic carbocycles. The molecule has 1 atom stereocenters. The number of carbonyl (C=O) groups is 1. The molecule has 1 aliphatic heterocycles. The number of aromatic nitrogens is 1. The summed E-state index contributed by atoms with van der Waals surface area (Å²) < 4.78 is 10.6. The number of amides is 1. The van der Waals surface area contributed by atoms with Crippen molar-refractivity contribution in [1.29, 1.82) is 0 Å². The number of para-hydroxylation sites is 1. The highest BCUT2D eigenvalue weighted by Gasteiger charge is 2.25. The molecule has 0 N–H and O–H groups in total. The summed E-state index contributed by atoms with van der Waals surface area (Å²) in [6.07, 6.45) is 4.63. The number of likely N-dealkylation sites (tertiary alicyclic amines) is 1. The van der Waals surface area contributed by atoms with Crippen LogP contribution in [0.25, 0.3) is 0 Å². The average molecular weight is 371 g/mol. The summed E-state index contributed by atoms with van der Waals surface area (Å²) in [5.74, 6) is 1.96. The van der Waals surface area contributed by atoms with Gasteiger partial charge in [-0.2, -0.15) is 0 Å². The summed E-state index contributed by atoms with van der Waals surface area (Å²) in [7, 11) is 3.57. The number of aryl methyl sites for hydroxylation is 1. The van der Waals surface area contributed by atoms with Gasteiger partial charge in [0.25, 0.3) is 5.91 Å². The van der Waals surface area contributed by atoms with Crippen molar-refractivity contribution in [3.8, 4) is 5.75 Å². The highest BCUT2D eigenvalue weighted by Crippen LogP contribution is 2.21. The number of benzene rings is 1. The van der Waals surface area contributed by atoms with E-state index in [-0.39, 0.29) is 5.91 Å². The number of oxazole rings is 1. The second-order valence-corrected chi connectivity index (χ2v) is 7.31. The molecule has 2 heterocycles. The lowest BCUT2D eigenvalue weighted by Gasteiger charge is -2.34. The van der Waals surface area contributed by atoms with Crippen molar-refractivity contribution in [2.75, 3.05) is 40.3 Å². The van der Waals surface area contributed by atoms with E-state index in [0.717, 1.165) is 44.8 Å². The molecular formula is C21H29N3O3. The molecule has 1 aromatic carbocycles. The SMILES string of the molecule is COc1ccccc1CCN1CCC[C@@H](CN(C)C(=O)c2ncoc2C)C1. The molecule has 2 aromatic rings. The van der Waals surface area contributed by atoms with Crippen LogP contribution in [0.15, 0.2) is 35.1 Å². The Balaban J connectivity index is 1.52. The lowest BCUT2D eigenvalue weighted by molar-refractivity contribution is 0.0723. The minimum absolute atomic E-state index is 0.0626. The Kier molecular flexibility index (Phi) is 6.50. The van der Waals surface area contributed by atoms with Crippen molar-refractivity contribution < 1.29 is 13.9 Å². The molecule has 3 rings (SSSR count). The van der Waals surface area contributed by atoms with Gasteiger partial charge in [-0.1, -0.05) is 18.2 Å². The maximum Gasteiger partial charge on any atom is 0.275 e. The first-order valence-corrected chi connectivity index (χ1v) is 9.58. The highest BCUT2D eigenvalue weighted by molar-refractivity contribution is 5.92. The molecule has 0 radical (unpaired) electrons. The Morgan fingerprint density at radius 3 is 2.96 bits per heavy atom. The van der Waals surface area contributed by atoms with Crippen LogP contribution in [-0.2, 0) is 6.42 Å². The molecule has 0 saturated carbocycles. The molecule has 6 heteroatoms. The van der Waals surface area contributed by atoms with Gasteiger partial charge in [0.1, 0.15) is 11.5 Å². The molecule has 0 unspecified atom stereocenters. The van der Waals surface area contributed by atoms with Gasteiger partial charge in [0.2, 0.25) is 0 Å². The van der Waals surface area contributed by atoms with Crippen LogP contribution in [0.1, 0.15) is 34.7 Å². The molecule has 1 aliphatic rings. The quantitative estimate of drug-likeness (QED) is 0.749. The molecule has 27 heavy (non-hydrogen) atoms. The van der Waals surface area contributed by atoms with Gasteiger partial charge >= 0.3 is 0 Å². The second-order valence-electron chi connectivity index (χ2n) is 7.31. The maximum atomic E-state index is 12.5. The van der Waals surface area contributed by atoms with E-state index in [1.54, 1.807) is 18.9 Å². The van der Waals surface area contributed by atoms with Crippen molar-refractivity contribution >= 4 is 5.91 Å². The number of rotatable bonds is 7. The van der Waals surface area contributed by atoms with Gasteiger partial charge < -0.3 is 19.0 Å². The Morgan fingerprint density at radius 1 is 1.41 bits per heavy atom. The Bertz CT molecular complexity index is 759. The van der Waals surface area contributed by atoms with Crippen LogP contribution in [0, 0.1) is 12.8 Å². The van der Waals surface area contributed by atoms with E-state index in [9.17, 15) is 4.79 Å². The summed E-state index contributed by atoms with van der Waals surface area (Å²) >= 11 is 0. The lowest BCUT2D eigenvalue weighted by Crippen LogP contribution is -2.42. The van der Waals surface area contributed by atoms with E-state index in [4.69, 9.17) is 9.15 Å². The molecular weight excluding hydrogens is 342 g/mol. The van der Waals surface area contributed by atoms with Gasteiger partial charge in [-0.25, -0.2) is 4.98 Å². The van der Waals surface area contributed by atoms with Gasteiger partial charge in [-0.15, -0.1) is 0 Å². The fraction of sp³-hybridized carbons (Fsp3) is 0.524. The van der Waals surface area contributed by atoms with Crippen LogP contribution in [-0.4, -0.2) is 61.0 Å². The molecule has 6 nitrogen and oxygen atoms in total. The second kappa shape index (κ2) is 9.04. The molecule has 146 valence electrons. The third-order valence-corrected chi connectivity index (χ3v) is 5.32. The van der Waals surface area contributed by atoms with E-state index in [0.29, 0.717) is 17.4 Å². The zero-order valence-electron chi connectivity index (χ0n) is 16.5. The zero-order valence-corrected chi connectivity index (χ0v) is 16.5. The molecule has 1 fully saturated rings. The average Bonchev–Trinajstić information content (AvgIpc) is 3.12. The summed E-state index contributed by atoms with van der Waals surface area (Å²) in [4.78, 5) is 20.9. The van der Waals surface area contributed by atoms with E-state index < -0.39 is 0 Å². The van der Waals surface area contributed by atoms with Crippen LogP contribution < -0.4 is 4.74 Å².